The third-order valence-corrected chi connectivity index (χ3v) is 6.29. The number of nitrogens with zero attached hydrogens (tertiary/aromatic N) is 1. The van der Waals surface area contributed by atoms with Crippen LogP contribution in [-0.2, 0) is 11.2 Å². The van der Waals surface area contributed by atoms with Crippen molar-refractivity contribution in [3.05, 3.63) is 52.4 Å². The largest absolute Gasteiger partial charge is 0.414 e. The summed E-state index contributed by atoms with van der Waals surface area (Å²) in [6, 6.07) is 9.98. The van der Waals surface area contributed by atoms with Crippen LogP contribution in [-0.4, -0.2) is 63.4 Å². The molecule has 0 aliphatic carbocycles. The molecule has 1 aromatic carbocycles. The smallest absolute Gasteiger partial charge is 0.393 e. The van der Waals surface area contributed by atoms with Crippen molar-refractivity contribution in [1.82, 2.24) is 15.2 Å². The summed E-state index contributed by atoms with van der Waals surface area (Å²) in [6.07, 6.45) is -2.57. The fraction of sp³-hybridized carbons (Fsp3) is 0.300. The summed E-state index contributed by atoms with van der Waals surface area (Å²) in [6.45, 7) is 0.0147. The van der Waals surface area contributed by atoms with E-state index in [1.165, 1.54) is 16.2 Å². The number of halogens is 1. The Balaban J connectivity index is 1.48. The van der Waals surface area contributed by atoms with E-state index in [1.807, 2.05) is 30.3 Å². The molecular weight excluding hydrogens is 430 g/mol. The van der Waals surface area contributed by atoms with Crippen molar-refractivity contribution < 1.29 is 24.5 Å². The lowest BCUT2D eigenvalue weighted by Gasteiger charge is -2.24. The first-order chi connectivity index (χ1) is 14.4. The number of aromatic nitrogens is 1. The predicted octanol–water partition coefficient (Wildman–Crippen LogP) is 2.15. The van der Waals surface area contributed by atoms with Crippen molar-refractivity contribution in [3.8, 4) is 5.88 Å². The average molecular weight is 450 g/mol. The van der Waals surface area contributed by atoms with E-state index in [0.29, 0.717) is 10.5 Å². The molecule has 8 nitrogen and oxygen atoms in total. The second-order valence-corrected chi connectivity index (χ2v) is 8.43. The summed E-state index contributed by atoms with van der Waals surface area (Å²) in [7, 11) is 0. The van der Waals surface area contributed by atoms with Crippen molar-refractivity contribution in [2.75, 3.05) is 13.1 Å². The van der Waals surface area contributed by atoms with Gasteiger partial charge < -0.3 is 30.2 Å². The number of benzene rings is 1. The molecule has 2 amide bonds. The molecule has 30 heavy (non-hydrogen) atoms. The molecule has 0 bridgehead atoms. The number of fused-ring (bicyclic) bond motifs is 1. The number of aromatic amines is 1. The normalized spacial score (nSPS) is 19.8. The summed E-state index contributed by atoms with van der Waals surface area (Å²) < 4.78 is 6.16. The van der Waals surface area contributed by atoms with Crippen LogP contribution in [0.25, 0.3) is 10.2 Å². The first kappa shape index (κ1) is 20.7. The van der Waals surface area contributed by atoms with Crippen molar-refractivity contribution in [1.29, 1.82) is 0 Å². The first-order valence-corrected chi connectivity index (χ1v) is 10.6. The third kappa shape index (κ3) is 4.44. The summed E-state index contributed by atoms with van der Waals surface area (Å²) in [5.74, 6) is -0.184. The maximum absolute atomic E-state index is 13.0. The van der Waals surface area contributed by atoms with E-state index in [2.05, 4.69) is 10.3 Å². The quantitative estimate of drug-likeness (QED) is 0.476. The Kier molecular flexibility index (Phi) is 5.96. The molecule has 3 aromatic rings. The number of aliphatic hydroxyl groups excluding tert-OH is 2. The molecule has 158 valence electrons. The van der Waals surface area contributed by atoms with Gasteiger partial charge in [0.05, 0.1) is 27.4 Å². The molecule has 3 atom stereocenters. The zero-order valence-electron chi connectivity index (χ0n) is 15.7. The van der Waals surface area contributed by atoms with Crippen LogP contribution >= 0.6 is 22.9 Å². The highest BCUT2D eigenvalue weighted by Crippen LogP contribution is 2.32. The first-order valence-electron chi connectivity index (χ1n) is 9.33. The van der Waals surface area contributed by atoms with E-state index in [1.54, 1.807) is 11.4 Å². The molecule has 4 rings (SSSR count). The molecule has 0 spiro atoms. The second-order valence-electron chi connectivity index (χ2n) is 7.11. The number of amides is 2. The molecule has 0 unspecified atom stereocenters. The van der Waals surface area contributed by atoms with E-state index in [4.69, 9.17) is 16.3 Å². The molecule has 1 fully saturated rings. The molecule has 1 aliphatic rings. The third-order valence-electron chi connectivity index (χ3n) is 4.93. The van der Waals surface area contributed by atoms with Gasteiger partial charge in [-0.3, -0.25) is 4.79 Å². The van der Waals surface area contributed by atoms with E-state index in [0.717, 1.165) is 10.3 Å². The van der Waals surface area contributed by atoms with Crippen molar-refractivity contribution in [2.24, 2.45) is 0 Å². The maximum Gasteiger partial charge on any atom is 0.414 e. The Bertz CT molecular complexity index is 1040. The van der Waals surface area contributed by atoms with E-state index >= 15 is 0 Å². The van der Waals surface area contributed by atoms with E-state index in [-0.39, 0.29) is 25.4 Å². The Morgan fingerprint density at radius 2 is 1.97 bits per heavy atom. The molecule has 1 saturated heterocycles. The highest BCUT2D eigenvalue weighted by molar-refractivity contribution is 7.17. The van der Waals surface area contributed by atoms with Gasteiger partial charge >= 0.3 is 6.09 Å². The summed E-state index contributed by atoms with van der Waals surface area (Å²) >= 11 is 7.48. The van der Waals surface area contributed by atoms with E-state index < -0.39 is 30.3 Å². The van der Waals surface area contributed by atoms with Gasteiger partial charge in [0, 0.05) is 31.0 Å². The van der Waals surface area contributed by atoms with Crippen molar-refractivity contribution in [2.45, 2.75) is 24.7 Å². The van der Waals surface area contributed by atoms with Crippen LogP contribution in [0.1, 0.15) is 5.56 Å². The molecular formula is C20H20ClN3O5S. The number of β-amino-alcohol motifs (C(OH)–C–C–N with tert-alkyl or cyclic N) is 2. The molecule has 3 heterocycles. The SMILES string of the molecule is O=C(N[C@@H](Cc1ccccc1)C(=O)N1C[C@@H](O)[C@@H](O)C1)Oc1cc2scc(Cl)c2[nH]1. The number of hydrogen-bond acceptors (Lipinski definition) is 6. The zero-order chi connectivity index (χ0) is 21.3. The highest BCUT2D eigenvalue weighted by atomic mass is 35.5. The molecule has 2 aromatic heterocycles. The number of carbonyl (C=O) groups is 2. The summed E-state index contributed by atoms with van der Waals surface area (Å²) in [5.41, 5.74) is 1.53. The molecule has 4 N–H and O–H groups in total. The Hall–Kier alpha value is -2.59. The van der Waals surface area contributed by atoms with Gasteiger partial charge in [0.25, 0.3) is 0 Å². The Morgan fingerprint density at radius 3 is 2.63 bits per heavy atom. The fourth-order valence-corrected chi connectivity index (χ4v) is 4.54. The number of ether oxygens (including phenoxy) is 1. The molecule has 0 radical (unpaired) electrons. The Labute approximate surface area is 181 Å². The number of likely N-dealkylation sites (tertiary alicyclic amines) is 1. The predicted molar refractivity (Wildman–Crippen MR) is 113 cm³/mol. The van der Waals surface area contributed by atoms with Gasteiger partial charge in [0.1, 0.15) is 6.04 Å². The van der Waals surface area contributed by atoms with Crippen molar-refractivity contribution >= 4 is 45.2 Å². The van der Waals surface area contributed by atoms with Crippen LogP contribution in [0, 0.1) is 0 Å². The van der Waals surface area contributed by atoms with Crippen LogP contribution in [0.15, 0.2) is 41.8 Å². The number of hydrogen-bond donors (Lipinski definition) is 4. The van der Waals surface area contributed by atoms with Crippen LogP contribution in [0.3, 0.4) is 0 Å². The highest BCUT2D eigenvalue weighted by Gasteiger charge is 2.36. The lowest BCUT2D eigenvalue weighted by molar-refractivity contribution is -0.132. The fourth-order valence-electron chi connectivity index (χ4n) is 3.40. The maximum atomic E-state index is 13.0. The minimum absolute atomic E-state index is 0.00736. The van der Waals surface area contributed by atoms with Crippen LogP contribution < -0.4 is 10.1 Å². The topological polar surface area (TPSA) is 115 Å². The summed E-state index contributed by atoms with van der Waals surface area (Å²) in [4.78, 5) is 29.7. The minimum atomic E-state index is -1.00. The molecule has 0 saturated carbocycles. The van der Waals surface area contributed by atoms with Gasteiger partial charge in [-0.1, -0.05) is 41.9 Å². The lowest BCUT2D eigenvalue weighted by Crippen LogP contribution is -2.50. The standard InChI is InChI=1S/C20H20ClN3O5S/c21-12-10-30-16-7-17(23-18(12)16)29-20(28)22-13(6-11-4-2-1-3-5-11)19(27)24-8-14(25)15(26)9-24/h1-5,7,10,13-15,23,25-26H,6,8-9H2,(H,22,28)/t13-,14-,15+/m0/s1. The van der Waals surface area contributed by atoms with Crippen molar-refractivity contribution in [3.63, 3.8) is 0 Å². The van der Waals surface area contributed by atoms with Gasteiger partial charge in [-0.05, 0) is 5.56 Å². The Morgan fingerprint density at radius 1 is 1.27 bits per heavy atom. The number of thiophene rings is 1. The summed E-state index contributed by atoms with van der Waals surface area (Å²) in [5, 5.41) is 24.5. The minimum Gasteiger partial charge on any atom is -0.393 e. The van der Waals surface area contributed by atoms with E-state index in [9.17, 15) is 19.8 Å². The lowest BCUT2D eigenvalue weighted by atomic mass is 10.1. The monoisotopic (exact) mass is 449 g/mol. The van der Waals surface area contributed by atoms with Crippen LogP contribution in [0.5, 0.6) is 5.88 Å². The number of carbonyl (C=O) groups excluding carboxylic acids is 2. The van der Waals surface area contributed by atoms with Gasteiger partial charge in [-0.15, -0.1) is 11.3 Å². The number of H-pyrrole nitrogens is 1. The van der Waals surface area contributed by atoms with Crippen LogP contribution in [0.2, 0.25) is 5.02 Å². The van der Waals surface area contributed by atoms with Gasteiger partial charge in [-0.25, -0.2) is 4.79 Å². The zero-order valence-corrected chi connectivity index (χ0v) is 17.3. The van der Waals surface area contributed by atoms with Gasteiger partial charge in [0.2, 0.25) is 11.8 Å². The average Bonchev–Trinajstić information content (AvgIpc) is 3.38. The second kappa shape index (κ2) is 8.65. The van der Waals surface area contributed by atoms with Crippen LogP contribution in [0.4, 0.5) is 4.79 Å². The van der Waals surface area contributed by atoms with Gasteiger partial charge in [-0.2, -0.15) is 0 Å². The number of aliphatic hydroxyl groups is 2. The molecule has 10 heteroatoms. The number of nitrogens with one attached hydrogen (secondary N) is 2. The molecule has 1 aliphatic heterocycles. The van der Waals surface area contributed by atoms with Gasteiger partial charge in [0.15, 0.2) is 0 Å². The number of rotatable bonds is 5.